The molecule has 1 fully saturated rings. The fourth-order valence-electron chi connectivity index (χ4n) is 3.85. The number of fused-ring (bicyclic) bond motifs is 1. The van der Waals surface area contributed by atoms with E-state index in [1.807, 2.05) is 19.2 Å². The summed E-state index contributed by atoms with van der Waals surface area (Å²) in [7, 11) is 0. The number of amides is 2. The lowest BCUT2D eigenvalue weighted by Crippen LogP contribution is -2.17. The van der Waals surface area contributed by atoms with E-state index >= 15 is 0 Å². The van der Waals surface area contributed by atoms with Gasteiger partial charge < -0.3 is 15.8 Å². The first-order valence-electron chi connectivity index (χ1n) is 10.5. The molecule has 9 nitrogen and oxygen atoms in total. The maximum Gasteiger partial charge on any atom is 0.341 e. The zero-order chi connectivity index (χ0) is 23.0. The van der Waals surface area contributed by atoms with Crippen molar-refractivity contribution in [1.82, 2.24) is 14.6 Å². The second-order valence-corrected chi connectivity index (χ2v) is 8.74. The number of nitrogens with one attached hydrogen (secondary N) is 1. The fourth-order valence-corrected chi connectivity index (χ4v) is 4.89. The lowest BCUT2D eigenvalue weighted by Gasteiger charge is -2.12. The van der Waals surface area contributed by atoms with Crippen LogP contribution in [0.4, 0.5) is 5.00 Å². The number of esters is 1. The minimum atomic E-state index is -0.586. The first-order chi connectivity index (χ1) is 15.3. The third kappa shape index (κ3) is 4.10. The summed E-state index contributed by atoms with van der Waals surface area (Å²) in [5.74, 6) is -0.802. The molecule has 32 heavy (non-hydrogen) atoms. The molecule has 3 aromatic heterocycles. The molecule has 1 aliphatic carbocycles. The van der Waals surface area contributed by atoms with Crippen LogP contribution in [0.5, 0.6) is 0 Å². The second kappa shape index (κ2) is 8.70. The van der Waals surface area contributed by atoms with Crippen molar-refractivity contribution in [2.45, 2.75) is 52.4 Å². The minimum Gasteiger partial charge on any atom is -0.462 e. The summed E-state index contributed by atoms with van der Waals surface area (Å²) >= 11 is 1.36. The van der Waals surface area contributed by atoms with E-state index in [1.165, 1.54) is 17.5 Å². The summed E-state index contributed by atoms with van der Waals surface area (Å²) in [4.78, 5) is 41.3. The van der Waals surface area contributed by atoms with Crippen LogP contribution in [-0.4, -0.2) is 39.0 Å². The SMILES string of the molecule is CCOC(=O)c1c(C2CC2)csc1NC(=O)CCc1c(C)nc2c(C(N)=O)cnn2c1C. The lowest BCUT2D eigenvalue weighted by molar-refractivity contribution is -0.116. The number of aromatic nitrogens is 3. The van der Waals surface area contributed by atoms with Gasteiger partial charge in [-0.25, -0.2) is 14.3 Å². The molecule has 2 amide bonds. The molecule has 0 radical (unpaired) electrons. The molecule has 0 aromatic carbocycles. The number of carbonyl (C=O) groups is 3. The van der Waals surface area contributed by atoms with Crippen molar-refractivity contribution >= 4 is 39.8 Å². The molecule has 0 unspecified atom stereocenters. The van der Waals surface area contributed by atoms with E-state index in [2.05, 4.69) is 15.4 Å². The normalized spacial score (nSPS) is 13.3. The van der Waals surface area contributed by atoms with Gasteiger partial charge in [0.1, 0.15) is 10.6 Å². The summed E-state index contributed by atoms with van der Waals surface area (Å²) in [6.45, 7) is 5.75. The molecule has 0 bridgehead atoms. The standard InChI is InChI=1S/C22H25N5O4S/c1-4-31-22(30)18-16(13-5-6-13)10-32-21(18)26-17(28)8-7-14-11(2)25-20-15(19(23)29)9-24-27(20)12(14)3/h9-10,13H,4-8H2,1-3H3,(H2,23,29)(H,26,28). The molecule has 3 aromatic rings. The quantitative estimate of drug-likeness (QED) is 0.502. The predicted octanol–water partition coefficient (Wildman–Crippen LogP) is 3.13. The molecule has 1 aliphatic rings. The molecule has 168 valence electrons. The van der Waals surface area contributed by atoms with Crippen LogP contribution < -0.4 is 11.1 Å². The first-order valence-corrected chi connectivity index (χ1v) is 11.4. The third-order valence-electron chi connectivity index (χ3n) is 5.65. The summed E-state index contributed by atoms with van der Waals surface area (Å²) in [5.41, 5.74) is 9.90. The fraction of sp³-hybridized carbons (Fsp3) is 0.409. The van der Waals surface area contributed by atoms with Gasteiger partial charge in [0.15, 0.2) is 5.65 Å². The van der Waals surface area contributed by atoms with Crippen molar-refractivity contribution in [1.29, 1.82) is 0 Å². The summed E-state index contributed by atoms with van der Waals surface area (Å²) in [6, 6.07) is 0. The van der Waals surface area contributed by atoms with Gasteiger partial charge in [-0.1, -0.05) is 0 Å². The van der Waals surface area contributed by atoms with Crippen LogP contribution in [0, 0.1) is 13.8 Å². The summed E-state index contributed by atoms with van der Waals surface area (Å²) in [6.07, 6.45) is 4.15. The number of rotatable bonds is 8. The minimum absolute atomic E-state index is 0.197. The number of aryl methyl sites for hydroxylation is 2. The van der Waals surface area contributed by atoms with Gasteiger partial charge in [-0.2, -0.15) is 5.10 Å². The number of nitrogens with zero attached hydrogens (tertiary/aromatic N) is 3. The second-order valence-electron chi connectivity index (χ2n) is 7.86. The number of hydrogen-bond donors (Lipinski definition) is 2. The van der Waals surface area contributed by atoms with Crippen molar-refractivity contribution in [3.8, 4) is 0 Å². The van der Waals surface area contributed by atoms with Gasteiger partial charge in [-0.3, -0.25) is 9.59 Å². The van der Waals surface area contributed by atoms with Gasteiger partial charge in [-0.05, 0) is 62.5 Å². The molecule has 4 rings (SSSR count). The Balaban J connectivity index is 1.51. The average molecular weight is 456 g/mol. The van der Waals surface area contributed by atoms with E-state index < -0.39 is 11.9 Å². The number of ether oxygens (including phenoxy) is 1. The number of hydrogen-bond acceptors (Lipinski definition) is 7. The highest BCUT2D eigenvalue weighted by atomic mass is 32.1. The largest absolute Gasteiger partial charge is 0.462 e. The Kier molecular flexibility index (Phi) is 5.96. The predicted molar refractivity (Wildman–Crippen MR) is 120 cm³/mol. The van der Waals surface area contributed by atoms with Gasteiger partial charge in [0.25, 0.3) is 5.91 Å². The van der Waals surface area contributed by atoms with E-state index in [4.69, 9.17) is 10.5 Å². The van der Waals surface area contributed by atoms with Gasteiger partial charge >= 0.3 is 5.97 Å². The highest BCUT2D eigenvalue weighted by Gasteiger charge is 2.32. The summed E-state index contributed by atoms with van der Waals surface area (Å²) < 4.78 is 6.78. The highest BCUT2D eigenvalue weighted by Crippen LogP contribution is 2.46. The van der Waals surface area contributed by atoms with Crippen molar-refractivity contribution < 1.29 is 19.1 Å². The van der Waals surface area contributed by atoms with Crippen LogP contribution in [0.1, 0.15) is 75.3 Å². The van der Waals surface area contributed by atoms with Crippen molar-refractivity contribution in [2.75, 3.05) is 11.9 Å². The average Bonchev–Trinajstić information content (AvgIpc) is 3.35. The maximum absolute atomic E-state index is 12.7. The lowest BCUT2D eigenvalue weighted by atomic mass is 10.1. The van der Waals surface area contributed by atoms with Crippen LogP contribution in [0.2, 0.25) is 0 Å². The molecule has 0 atom stereocenters. The highest BCUT2D eigenvalue weighted by molar-refractivity contribution is 7.15. The molecule has 3 heterocycles. The number of primary amides is 1. The van der Waals surface area contributed by atoms with Gasteiger partial charge in [0, 0.05) is 17.8 Å². The van der Waals surface area contributed by atoms with E-state index in [0.717, 1.165) is 29.7 Å². The van der Waals surface area contributed by atoms with Crippen LogP contribution >= 0.6 is 11.3 Å². The molecular weight excluding hydrogens is 430 g/mol. The first kappa shape index (κ1) is 21.9. The molecule has 0 aliphatic heterocycles. The van der Waals surface area contributed by atoms with E-state index in [0.29, 0.717) is 34.2 Å². The monoisotopic (exact) mass is 455 g/mol. The molecule has 1 saturated carbocycles. The van der Waals surface area contributed by atoms with Crippen LogP contribution in [0.15, 0.2) is 11.6 Å². The Morgan fingerprint density at radius 2 is 2.06 bits per heavy atom. The van der Waals surface area contributed by atoms with Crippen LogP contribution in [-0.2, 0) is 16.0 Å². The third-order valence-corrected chi connectivity index (χ3v) is 6.56. The molecule has 3 N–H and O–H groups in total. The Morgan fingerprint density at radius 1 is 1.31 bits per heavy atom. The molecular formula is C22H25N5O4S. The topological polar surface area (TPSA) is 129 Å². The van der Waals surface area contributed by atoms with E-state index in [1.54, 1.807) is 11.4 Å². The summed E-state index contributed by atoms with van der Waals surface area (Å²) in [5, 5.41) is 9.59. The van der Waals surface area contributed by atoms with E-state index in [9.17, 15) is 14.4 Å². The van der Waals surface area contributed by atoms with Crippen molar-refractivity contribution in [3.63, 3.8) is 0 Å². The van der Waals surface area contributed by atoms with Crippen molar-refractivity contribution in [2.24, 2.45) is 5.73 Å². The Labute approximate surface area is 189 Å². The number of anilines is 1. The zero-order valence-corrected chi connectivity index (χ0v) is 19.0. The smallest absolute Gasteiger partial charge is 0.341 e. The van der Waals surface area contributed by atoms with Crippen molar-refractivity contribution in [3.05, 3.63) is 45.2 Å². The zero-order valence-electron chi connectivity index (χ0n) is 18.2. The van der Waals surface area contributed by atoms with Gasteiger partial charge in [-0.15, -0.1) is 11.3 Å². The van der Waals surface area contributed by atoms with E-state index in [-0.39, 0.29) is 24.5 Å². The molecule has 10 heteroatoms. The van der Waals surface area contributed by atoms with Crippen LogP contribution in [0.3, 0.4) is 0 Å². The Morgan fingerprint density at radius 3 is 2.72 bits per heavy atom. The Bertz CT molecular complexity index is 1220. The van der Waals surface area contributed by atoms with Gasteiger partial charge in [0.2, 0.25) is 5.91 Å². The number of nitrogens with two attached hydrogens (primary N) is 1. The number of thiophene rings is 1. The molecule has 0 saturated heterocycles. The van der Waals surface area contributed by atoms with Gasteiger partial charge in [0.05, 0.1) is 18.4 Å². The number of carbonyl (C=O) groups excluding carboxylic acids is 3. The Hall–Kier alpha value is -3.27. The maximum atomic E-state index is 12.7. The molecule has 0 spiro atoms. The van der Waals surface area contributed by atoms with Crippen LogP contribution in [0.25, 0.3) is 5.65 Å².